The Morgan fingerprint density at radius 2 is 1.59 bits per heavy atom. The molecule has 0 aromatic rings. The fraction of sp³-hybridized carbons (Fsp3) is 0.333. The number of carbonyl (C=O) groups excluding carboxylic acids is 4. The molecule has 0 aromatic heterocycles. The van der Waals surface area contributed by atoms with Crippen molar-refractivity contribution >= 4 is 23.6 Å². The van der Waals surface area contributed by atoms with E-state index < -0.39 is 43.0 Å². The van der Waals surface area contributed by atoms with Crippen LogP contribution in [0.25, 0.3) is 4.85 Å². The Labute approximate surface area is 96.4 Å². The number of hydrogen-bond acceptors (Lipinski definition) is 5. The molecule has 0 fully saturated rings. The smallest absolute Gasteiger partial charge is 0.306 e. The Balaban J connectivity index is 4.02. The molecule has 0 aliphatic rings. The first-order chi connectivity index (χ1) is 7.99. The first kappa shape index (κ1) is 14.3. The molecule has 0 heterocycles. The van der Waals surface area contributed by atoms with Gasteiger partial charge in [-0.05, 0) is 0 Å². The highest BCUT2D eigenvalue weighted by Crippen LogP contribution is 1.83. The van der Waals surface area contributed by atoms with E-state index in [4.69, 9.17) is 11.8 Å². The van der Waals surface area contributed by atoms with E-state index in [0.29, 0.717) is 0 Å². The maximum Gasteiger partial charge on any atom is 0.306 e. The first-order valence-electron chi connectivity index (χ1n) is 4.35. The zero-order chi connectivity index (χ0) is 13.3. The summed E-state index contributed by atoms with van der Waals surface area (Å²) in [6.45, 7) is 5.84. The van der Waals surface area contributed by atoms with Gasteiger partial charge in [-0.1, -0.05) is 0 Å². The maximum absolute atomic E-state index is 11.0. The molecule has 0 saturated carbocycles. The molecule has 0 aromatic carbocycles. The van der Waals surface area contributed by atoms with E-state index in [1.165, 1.54) is 6.07 Å². The second kappa shape index (κ2) is 7.54. The van der Waals surface area contributed by atoms with Crippen LogP contribution >= 0.6 is 0 Å². The highest BCUT2D eigenvalue weighted by molar-refractivity contribution is 6.08. The molecule has 88 valence electrons. The number of carbonyl (C=O) groups is 4. The predicted octanol–water partition coefficient (Wildman–Crippen LogP) is -1.50. The predicted molar refractivity (Wildman–Crippen MR) is 52.6 cm³/mol. The average Bonchev–Trinajstić information content (AvgIpc) is 2.16. The molecule has 0 atom stereocenters. The van der Waals surface area contributed by atoms with Gasteiger partial charge in [0.1, 0.15) is 12.8 Å². The van der Waals surface area contributed by atoms with Crippen LogP contribution < -0.4 is 10.6 Å². The number of hydrogen-bond donors (Lipinski definition) is 2. The standard InChI is InChI=1S/C9H8N4O4/c1-11-5-9(17)13-8(16)4-7(15)12-6(14)2-3-10/h2,4-5H2,(H,12,14,15)(H,13,16,17). The van der Waals surface area contributed by atoms with Gasteiger partial charge in [0.25, 0.3) is 6.54 Å². The lowest BCUT2D eigenvalue weighted by Gasteiger charge is -2.01. The molecule has 0 bridgehead atoms. The number of nitriles is 1. The molecule has 4 amide bonds. The van der Waals surface area contributed by atoms with Crippen molar-refractivity contribution in [3.8, 4) is 6.07 Å². The van der Waals surface area contributed by atoms with Crippen molar-refractivity contribution in [3.63, 3.8) is 0 Å². The van der Waals surface area contributed by atoms with Gasteiger partial charge >= 0.3 is 5.91 Å². The van der Waals surface area contributed by atoms with E-state index in [-0.39, 0.29) is 0 Å². The zero-order valence-electron chi connectivity index (χ0n) is 8.65. The monoisotopic (exact) mass is 236 g/mol. The third kappa shape index (κ3) is 7.22. The van der Waals surface area contributed by atoms with Gasteiger partial charge in [0.05, 0.1) is 6.07 Å². The Bertz CT molecular complexity index is 389. The van der Waals surface area contributed by atoms with Crippen LogP contribution in [0.2, 0.25) is 0 Å². The summed E-state index contributed by atoms with van der Waals surface area (Å²) >= 11 is 0. The second-order valence-corrected chi connectivity index (χ2v) is 2.77. The molecule has 0 radical (unpaired) electrons. The molecule has 8 heteroatoms. The van der Waals surface area contributed by atoms with Crippen LogP contribution in [0.1, 0.15) is 12.8 Å². The molecule has 0 spiro atoms. The van der Waals surface area contributed by atoms with Crippen LogP contribution in [0.5, 0.6) is 0 Å². The summed E-state index contributed by atoms with van der Waals surface area (Å²) < 4.78 is 0. The van der Waals surface area contributed by atoms with Crippen LogP contribution in [0.3, 0.4) is 0 Å². The normalized spacial score (nSPS) is 8.35. The first-order valence-corrected chi connectivity index (χ1v) is 4.35. The van der Waals surface area contributed by atoms with E-state index in [0.717, 1.165) is 0 Å². The van der Waals surface area contributed by atoms with Gasteiger partial charge < -0.3 is 4.85 Å². The van der Waals surface area contributed by atoms with Crippen molar-refractivity contribution in [2.75, 3.05) is 6.54 Å². The molecule has 17 heavy (non-hydrogen) atoms. The fourth-order valence-corrected chi connectivity index (χ4v) is 0.773. The molecular formula is C9H8N4O4. The van der Waals surface area contributed by atoms with Crippen molar-refractivity contribution in [3.05, 3.63) is 11.4 Å². The molecule has 0 aliphatic heterocycles. The van der Waals surface area contributed by atoms with Gasteiger partial charge in [0.2, 0.25) is 17.7 Å². The third-order valence-electron chi connectivity index (χ3n) is 1.34. The van der Waals surface area contributed by atoms with Crippen LogP contribution in [-0.4, -0.2) is 30.2 Å². The number of rotatable bonds is 4. The van der Waals surface area contributed by atoms with Gasteiger partial charge in [0, 0.05) is 0 Å². The van der Waals surface area contributed by atoms with Gasteiger partial charge in [0.15, 0.2) is 0 Å². The lowest BCUT2D eigenvalue weighted by molar-refractivity contribution is -0.134. The largest absolute Gasteiger partial charge is 0.306 e. The minimum absolute atomic E-state index is 0.496. The summed E-state index contributed by atoms with van der Waals surface area (Å²) in [5.74, 6) is -3.47. The van der Waals surface area contributed by atoms with Gasteiger partial charge in [-0.15, -0.1) is 0 Å². The van der Waals surface area contributed by atoms with E-state index in [1.54, 1.807) is 10.6 Å². The van der Waals surface area contributed by atoms with E-state index in [2.05, 4.69) is 4.85 Å². The van der Waals surface area contributed by atoms with Gasteiger partial charge in [-0.25, -0.2) is 6.57 Å². The van der Waals surface area contributed by atoms with Crippen molar-refractivity contribution in [1.82, 2.24) is 10.6 Å². The van der Waals surface area contributed by atoms with E-state index >= 15 is 0 Å². The van der Waals surface area contributed by atoms with Crippen LogP contribution in [0.4, 0.5) is 0 Å². The quantitative estimate of drug-likeness (QED) is 0.454. The van der Waals surface area contributed by atoms with Crippen LogP contribution in [0.15, 0.2) is 0 Å². The van der Waals surface area contributed by atoms with Gasteiger partial charge in [-0.2, -0.15) is 5.26 Å². The molecule has 2 N–H and O–H groups in total. The number of nitrogens with one attached hydrogen (secondary N) is 2. The highest BCUT2D eigenvalue weighted by Gasteiger charge is 2.15. The summed E-state index contributed by atoms with van der Waals surface area (Å²) in [7, 11) is 0. The minimum atomic E-state index is -0.918. The molecular weight excluding hydrogens is 228 g/mol. The van der Waals surface area contributed by atoms with Crippen molar-refractivity contribution < 1.29 is 19.2 Å². The van der Waals surface area contributed by atoms with Crippen LogP contribution in [-0.2, 0) is 19.2 Å². The minimum Gasteiger partial charge on any atom is -0.306 e. The summed E-state index contributed by atoms with van der Waals surface area (Å²) in [4.78, 5) is 46.3. The average molecular weight is 236 g/mol. The molecule has 8 nitrogen and oxygen atoms in total. The third-order valence-corrected chi connectivity index (χ3v) is 1.34. The molecule has 0 saturated heterocycles. The molecule has 0 unspecified atom stereocenters. The van der Waals surface area contributed by atoms with E-state index in [1.807, 2.05) is 0 Å². The number of imide groups is 2. The second-order valence-electron chi connectivity index (χ2n) is 2.77. The summed E-state index contributed by atoms with van der Waals surface area (Å²) in [5.41, 5.74) is 0. The number of nitrogens with zero attached hydrogens (tertiary/aromatic N) is 2. The maximum atomic E-state index is 11.0. The number of amides is 4. The fourth-order valence-electron chi connectivity index (χ4n) is 0.773. The SMILES string of the molecule is [C-]#[N+]CC(=O)NC(=O)CC(=O)NC(=O)CC#N. The lowest BCUT2D eigenvalue weighted by atomic mass is 10.3. The van der Waals surface area contributed by atoms with Crippen molar-refractivity contribution in [2.45, 2.75) is 12.8 Å². The Kier molecular flexibility index (Phi) is 6.32. The Morgan fingerprint density at radius 1 is 1.06 bits per heavy atom. The van der Waals surface area contributed by atoms with E-state index in [9.17, 15) is 19.2 Å². The van der Waals surface area contributed by atoms with Crippen LogP contribution in [0, 0.1) is 17.9 Å². The topological polar surface area (TPSA) is 120 Å². The lowest BCUT2D eigenvalue weighted by Crippen LogP contribution is -2.38. The molecule has 0 rings (SSSR count). The zero-order valence-corrected chi connectivity index (χ0v) is 8.65. The van der Waals surface area contributed by atoms with Crippen molar-refractivity contribution in [1.29, 1.82) is 5.26 Å². The molecule has 0 aliphatic carbocycles. The Hall–Kier alpha value is -2.74. The summed E-state index contributed by atoms with van der Waals surface area (Å²) in [5, 5.41) is 11.7. The Morgan fingerprint density at radius 3 is 2.06 bits per heavy atom. The van der Waals surface area contributed by atoms with Gasteiger partial charge in [-0.3, -0.25) is 29.8 Å². The summed E-state index contributed by atoms with van der Waals surface area (Å²) in [6, 6.07) is 1.52. The van der Waals surface area contributed by atoms with Crippen molar-refractivity contribution in [2.24, 2.45) is 0 Å². The summed E-state index contributed by atoms with van der Waals surface area (Å²) in [6.07, 6.45) is -1.22. The highest BCUT2D eigenvalue weighted by atomic mass is 16.2.